The molecule has 0 radical (unpaired) electrons. The van der Waals surface area contributed by atoms with Crippen LogP contribution in [-0.4, -0.2) is 26.7 Å². The molecular weight excluding hydrogens is 230 g/mol. The predicted molar refractivity (Wildman–Crippen MR) is 62.6 cm³/mol. The summed E-state index contributed by atoms with van der Waals surface area (Å²) in [7, 11) is 2.99. The molecule has 1 aromatic carbocycles. The lowest BCUT2D eigenvalue weighted by atomic mass is 10.2. The molecule has 0 spiro atoms. The first kappa shape index (κ1) is 12.6. The molecule has 0 saturated heterocycles. The monoisotopic (exact) mass is 243 g/mol. The van der Waals surface area contributed by atoms with Crippen LogP contribution in [-0.2, 0) is 0 Å². The maximum absolute atomic E-state index is 11.6. The molecule has 1 amide bonds. The highest BCUT2D eigenvalue weighted by atomic mass is 35.5. The van der Waals surface area contributed by atoms with E-state index in [-0.39, 0.29) is 5.91 Å². The average molecular weight is 244 g/mol. The van der Waals surface area contributed by atoms with Crippen molar-refractivity contribution in [3.05, 3.63) is 22.7 Å². The van der Waals surface area contributed by atoms with E-state index in [1.165, 1.54) is 14.2 Å². The Morgan fingerprint density at radius 1 is 1.38 bits per heavy atom. The number of carbonyl (C=O) groups is 1. The van der Waals surface area contributed by atoms with E-state index < -0.39 is 0 Å². The van der Waals surface area contributed by atoms with E-state index in [9.17, 15) is 4.79 Å². The minimum Gasteiger partial charge on any atom is -0.493 e. The summed E-state index contributed by atoms with van der Waals surface area (Å²) >= 11 is 5.97. The van der Waals surface area contributed by atoms with Gasteiger partial charge in [-0.25, -0.2) is 0 Å². The molecule has 0 aliphatic rings. The number of carbonyl (C=O) groups excluding carboxylic acids is 1. The molecule has 4 nitrogen and oxygen atoms in total. The van der Waals surface area contributed by atoms with Crippen molar-refractivity contribution in [2.45, 2.75) is 6.92 Å². The highest BCUT2D eigenvalue weighted by Crippen LogP contribution is 2.35. The van der Waals surface area contributed by atoms with Gasteiger partial charge in [0, 0.05) is 12.1 Å². The third-order valence-corrected chi connectivity index (χ3v) is 2.31. The minimum absolute atomic E-state index is 0.189. The molecule has 0 saturated carbocycles. The number of nitrogens with one attached hydrogen (secondary N) is 1. The lowest BCUT2D eigenvalue weighted by Gasteiger charge is -2.11. The summed E-state index contributed by atoms with van der Waals surface area (Å²) in [5, 5.41) is 3.03. The maximum Gasteiger partial charge on any atom is 0.251 e. The van der Waals surface area contributed by atoms with Crippen molar-refractivity contribution in [1.29, 1.82) is 0 Å². The van der Waals surface area contributed by atoms with Gasteiger partial charge in [-0.05, 0) is 19.1 Å². The van der Waals surface area contributed by atoms with Crippen molar-refractivity contribution in [1.82, 2.24) is 5.32 Å². The van der Waals surface area contributed by atoms with Gasteiger partial charge in [0.2, 0.25) is 0 Å². The van der Waals surface area contributed by atoms with Crippen LogP contribution in [0.15, 0.2) is 12.1 Å². The van der Waals surface area contributed by atoms with E-state index in [0.29, 0.717) is 28.6 Å². The van der Waals surface area contributed by atoms with Crippen LogP contribution in [0, 0.1) is 0 Å². The Morgan fingerprint density at radius 3 is 2.56 bits per heavy atom. The van der Waals surface area contributed by atoms with Gasteiger partial charge in [-0.15, -0.1) is 0 Å². The Morgan fingerprint density at radius 2 is 2.06 bits per heavy atom. The number of hydrogen-bond acceptors (Lipinski definition) is 3. The normalized spacial score (nSPS) is 9.75. The van der Waals surface area contributed by atoms with Gasteiger partial charge >= 0.3 is 0 Å². The Balaban J connectivity index is 3.15. The van der Waals surface area contributed by atoms with E-state index in [1.807, 2.05) is 6.92 Å². The van der Waals surface area contributed by atoms with Gasteiger partial charge in [-0.1, -0.05) is 11.6 Å². The standard InChI is InChI=1S/C11H14ClNO3/c1-4-13-11(14)7-5-8(12)10(16-3)9(6-7)15-2/h5-6H,4H2,1-3H3,(H,13,14). The fourth-order valence-electron chi connectivity index (χ4n) is 1.31. The number of ether oxygens (including phenoxy) is 2. The molecule has 0 heterocycles. The second-order valence-corrected chi connectivity index (χ2v) is 3.46. The van der Waals surface area contributed by atoms with Gasteiger partial charge in [0.05, 0.1) is 19.2 Å². The van der Waals surface area contributed by atoms with Crippen LogP contribution in [0.2, 0.25) is 5.02 Å². The van der Waals surface area contributed by atoms with E-state index in [4.69, 9.17) is 21.1 Å². The summed E-state index contributed by atoms with van der Waals surface area (Å²) in [6.07, 6.45) is 0. The molecule has 1 aromatic rings. The van der Waals surface area contributed by atoms with Crippen molar-refractivity contribution >= 4 is 17.5 Å². The quantitative estimate of drug-likeness (QED) is 0.881. The third-order valence-electron chi connectivity index (χ3n) is 2.03. The van der Waals surface area contributed by atoms with Gasteiger partial charge < -0.3 is 14.8 Å². The summed E-state index contributed by atoms with van der Waals surface area (Å²) in [6, 6.07) is 3.14. The largest absolute Gasteiger partial charge is 0.493 e. The number of benzene rings is 1. The number of methoxy groups -OCH3 is 2. The fraction of sp³-hybridized carbons (Fsp3) is 0.364. The highest BCUT2D eigenvalue weighted by molar-refractivity contribution is 6.32. The number of amides is 1. The second-order valence-electron chi connectivity index (χ2n) is 3.05. The Labute approximate surface area is 99.5 Å². The smallest absolute Gasteiger partial charge is 0.251 e. The molecule has 0 aliphatic carbocycles. The minimum atomic E-state index is -0.189. The van der Waals surface area contributed by atoms with E-state index >= 15 is 0 Å². The van der Waals surface area contributed by atoms with Crippen LogP contribution in [0.5, 0.6) is 11.5 Å². The molecule has 16 heavy (non-hydrogen) atoms. The van der Waals surface area contributed by atoms with Crippen molar-refractivity contribution in [3.63, 3.8) is 0 Å². The maximum atomic E-state index is 11.6. The Hall–Kier alpha value is -1.42. The van der Waals surface area contributed by atoms with Gasteiger partial charge in [0.1, 0.15) is 0 Å². The molecule has 5 heteroatoms. The Bertz CT molecular complexity index is 393. The molecule has 88 valence electrons. The third kappa shape index (κ3) is 2.58. The first-order valence-corrected chi connectivity index (χ1v) is 5.21. The zero-order chi connectivity index (χ0) is 12.1. The molecule has 0 unspecified atom stereocenters. The SMILES string of the molecule is CCNC(=O)c1cc(Cl)c(OC)c(OC)c1. The van der Waals surface area contributed by atoms with Crippen molar-refractivity contribution in [3.8, 4) is 11.5 Å². The lowest BCUT2D eigenvalue weighted by molar-refractivity contribution is 0.0955. The molecule has 0 aliphatic heterocycles. The zero-order valence-corrected chi connectivity index (χ0v) is 10.2. The van der Waals surface area contributed by atoms with Gasteiger partial charge in [0.25, 0.3) is 5.91 Å². The summed E-state index contributed by atoms with van der Waals surface area (Å²) in [5.41, 5.74) is 0.449. The molecule has 1 N–H and O–H groups in total. The molecule has 0 bridgehead atoms. The second kappa shape index (κ2) is 5.61. The van der Waals surface area contributed by atoms with Crippen LogP contribution in [0.3, 0.4) is 0 Å². The lowest BCUT2D eigenvalue weighted by Crippen LogP contribution is -2.22. The van der Waals surface area contributed by atoms with Crippen LogP contribution >= 0.6 is 11.6 Å². The summed E-state index contributed by atoms with van der Waals surface area (Å²) < 4.78 is 10.2. The van der Waals surface area contributed by atoms with Gasteiger partial charge in [0.15, 0.2) is 11.5 Å². The van der Waals surface area contributed by atoms with E-state index in [2.05, 4.69) is 5.32 Å². The number of halogens is 1. The van der Waals surface area contributed by atoms with Gasteiger partial charge in [-0.3, -0.25) is 4.79 Å². The molecule has 1 rings (SSSR count). The van der Waals surface area contributed by atoms with Crippen molar-refractivity contribution in [2.24, 2.45) is 0 Å². The van der Waals surface area contributed by atoms with Crippen LogP contribution in [0.4, 0.5) is 0 Å². The fourth-order valence-corrected chi connectivity index (χ4v) is 1.60. The van der Waals surface area contributed by atoms with Crippen molar-refractivity contribution in [2.75, 3.05) is 20.8 Å². The van der Waals surface area contributed by atoms with E-state index in [0.717, 1.165) is 0 Å². The molecule has 0 aromatic heterocycles. The summed E-state index contributed by atoms with van der Waals surface area (Å²) in [5.74, 6) is 0.679. The van der Waals surface area contributed by atoms with Crippen LogP contribution < -0.4 is 14.8 Å². The average Bonchev–Trinajstić information content (AvgIpc) is 2.28. The van der Waals surface area contributed by atoms with Crippen LogP contribution in [0.1, 0.15) is 17.3 Å². The first-order chi connectivity index (χ1) is 7.63. The molecule has 0 fully saturated rings. The molecule has 0 atom stereocenters. The Kier molecular flexibility index (Phi) is 4.43. The summed E-state index contributed by atoms with van der Waals surface area (Å²) in [4.78, 5) is 11.6. The molecular formula is C11H14ClNO3. The number of rotatable bonds is 4. The summed E-state index contributed by atoms with van der Waals surface area (Å²) in [6.45, 7) is 2.41. The van der Waals surface area contributed by atoms with E-state index in [1.54, 1.807) is 12.1 Å². The van der Waals surface area contributed by atoms with Crippen LogP contribution in [0.25, 0.3) is 0 Å². The van der Waals surface area contributed by atoms with Gasteiger partial charge in [-0.2, -0.15) is 0 Å². The topological polar surface area (TPSA) is 47.6 Å². The highest BCUT2D eigenvalue weighted by Gasteiger charge is 2.14. The predicted octanol–water partition coefficient (Wildman–Crippen LogP) is 2.11. The zero-order valence-electron chi connectivity index (χ0n) is 9.46. The first-order valence-electron chi connectivity index (χ1n) is 4.83. The number of hydrogen-bond donors (Lipinski definition) is 1. The van der Waals surface area contributed by atoms with Crippen molar-refractivity contribution < 1.29 is 14.3 Å².